The number of pyridine rings is 1. The largest absolute Gasteiger partial charge is 0.466 e. The lowest BCUT2D eigenvalue weighted by atomic mass is 9.92. The van der Waals surface area contributed by atoms with Gasteiger partial charge in [0.15, 0.2) is 0 Å². The number of aliphatic hydroxyl groups is 1. The molecule has 0 bridgehead atoms. The Kier molecular flexibility index (Phi) is 3.53. The minimum Gasteiger partial charge on any atom is -0.466 e. The lowest BCUT2D eigenvalue weighted by Crippen LogP contribution is -2.10. The smallest absolute Gasteiger partial charge is 0.107 e. The van der Waals surface area contributed by atoms with E-state index in [9.17, 15) is 5.11 Å². The zero-order chi connectivity index (χ0) is 13.3. The summed E-state index contributed by atoms with van der Waals surface area (Å²) in [5, 5.41) is 10.5. The van der Waals surface area contributed by atoms with Crippen LogP contribution >= 0.6 is 0 Å². The maximum atomic E-state index is 10.5. The number of furan rings is 1. The first kappa shape index (κ1) is 12.8. The van der Waals surface area contributed by atoms with Crippen molar-refractivity contribution in [2.75, 3.05) is 0 Å². The standard InChI is InChI=1S/C15H19NO2/c1-9-11(3)18-12(4)14(9)15(17)10(2)13-7-5-6-8-16-13/h5-8,10,15,17H,1-4H3. The number of rotatable bonds is 3. The van der Waals surface area contributed by atoms with Gasteiger partial charge in [-0.25, -0.2) is 0 Å². The van der Waals surface area contributed by atoms with Gasteiger partial charge >= 0.3 is 0 Å². The number of aryl methyl sites for hydroxylation is 2. The highest BCUT2D eigenvalue weighted by Crippen LogP contribution is 2.35. The zero-order valence-corrected chi connectivity index (χ0v) is 11.3. The molecule has 0 aliphatic rings. The Morgan fingerprint density at radius 3 is 2.39 bits per heavy atom. The summed E-state index contributed by atoms with van der Waals surface area (Å²) in [6.45, 7) is 7.78. The Morgan fingerprint density at radius 1 is 1.17 bits per heavy atom. The average Bonchev–Trinajstić information content (AvgIpc) is 2.63. The van der Waals surface area contributed by atoms with E-state index in [2.05, 4.69) is 4.98 Å². The lowest BCUT2D eigenvalue weighted by Gasteiger charge is -2.18. The normalized spacial score (nSPS) is 14.5. The second-order valence-corrected chi connectivity index (χ2v) is 4.74. The van der Waals surface area contributed by atoms with E-state index in [0.29, 0.717) is 0 Å². The highest BCUT2D eigenvalue weighted by molar-refractivity contribution is 5.35. The third kappa shape index (κ3) is 2.18. The summed E-state index contributed by atoms with van der Waals surface area (Å²) >= 11 is 0. The molecule has 1 N–H and O–H groups in total. The van der Waals surface area contributed by atoms with Gasteiger partial charge in [0.1, 0.15) is 11.5 Å². The third-order valence-corrected chi connectivity index (χ3v) is 3.54. The van der Waals surface area contributed by atoms with Crippen molar-refractivity contribution in [2.45, 2.75) is 39.7 Å². The number of nitrogens with zero attached hydrogens (tertiary/aromatic N) is 1. The Labute approximate surface area is 107 Å². The SMILES string of the molecule is Cc1oc(C)c(C(O)C(C)c2ccccn2)c1C. The van der Waals surface area contributed by atoms with E-state index in [1.807, 2.05) is 45.9 Å². The van der Waals surface area contributed by atoms with Crippen molar-refractivity contribution in [1.29, 1.82) is 0 Å². The molecular weight excluding hydrogens is 226 g/mol. The highest BCUT2D eigenvalue weighted by Gasteiger charge is 2.25. The van der Waals surface area contributed by atoms with Crippen molar-refractivity contribution in [3.63, 3.8) is 0 Å². The number of aliphatic hydroxyl groups excluding tert-OH is 1. The fraction of sp³-hybridized carbons (Fsp3) is 0.400. The van der Waals surface area contributed by atoms with Crippen molar-refractivity contribution >= 4 is 0 Å². The van der Waals surface area contributed by atoms with E-state index >= 15 is 0 Å². The number of hydrogen-bond donors (Lipinski definition) is 1. The molecule has 96 valence electrons. The van der Waals surface area contributed by atoms with Crippen LogP contribution < -0.4 is 0 Å². The minimum absolute atomic E-state index is 0.0550. The highest BCUT2D eigenvalue weighted by atomic mass is 16.3. The number of hydrogen-bond acceptors (Lipinski definition) is 3. The van der Waals surface area contributed by atoms with Crippen molar-refractivity contribution in [3.8, 4) is 0 Å². The molecule has 2 atom stereocenters. The summed E-state index contributed by atoms with van der Waals surface area (Å²) in [7, 11) is 0. The van der Waals surface area contributed by atoms with Gasteiger partial charge in [-0.15, -0.1) is 0 Å². The first-order valence-corrected chi connectivity index (χ1v) is 6.17. The van der Waals surface area contributed by atoms with Crippen LogP contribution in [0.4, 0.5) is 0 Å². The Morgan fingerprint density at radius 2 is 1.89 bits per heavy atom. The van der Waals surface area contributed by atoms with Crippen LogP contribution in [0.3, 0.4) is 0 Å². The van der Waals surface area contributed by atoms with Crippen LogP contribution in [-0.2, 0) is 0 Å². The van der Waals surface area contributed by atoms with E-state index < -0.39 is 6.10 Å². The zero-order valence-electron chi connectivity index (χ0n) is 11.3. The molecule has 0 fully saturated rings. The van der Waals surface area contributed by atoms with Crippen LogP contribution in [0.25, 0.3) is 0 Å². The van der Waals surface area contributed by atoms with Crippen LogP contribution in [0, 0.1) is 20.8 Å². The van der Waals surface area contributed by atoms with Crippen LogP contribution in [0.1, 0.15) is 47.3 Å². The molecule has 0 aliphatic heterocycles. The quantitative estimate of drug-likeness (QED) is 0.901. The molecule has 0 saturated carbocycles. The second-order valence-electron chi connectivity index (χ2n) is 4.74. The molecule has 0 saturated heterocycles. The van der Waals surface area contributed by atoms with E-state index in [1.165, 1.54) is 0 Å². The molecule has 3 nitrogen and oxygen atoms in total. The van der Waals surface area contributed by atoms with Crippen molar-refractivity contribution < 1.29 is 9.52 Å². The predicted octanol–water partition coefficient (Wildman–Crippen LogP) is 3.44. The van der Waals surface area contributed by atoms with E-state index in [1.54, 1.807) is 6.20 Å². The molecule has 0 radical (unpaired) electrons. The fourth-order valence-electron chi connectivity index (χ4n) is 2.30. The maximum absolute atomic E-state index is 10.5. The molecule has 2 heterocycles. The van der Waals surface area contributed by atoms with Gasteiger partial charge in [0.2, 0.25) is 0 Å². The summed E-state index contributed by atoms with van der Waals surface area (Å²) < 4.78 is 5.57. The Bertz CT molecular complexity index is 531. The molecular formula is C15H19NO2. The van der Waals surface area contributed by atoms with E-state index in [0.717, 1.165) is 28.3 Å². The first-order chi connectivity index (χ1) is 8.52. The van der Waals surface area contributed by atoms with Gasteiger partial charge in [-0.1, -0.05) is 13.0 Å². The van der Waals surface area contributed by atoms with E-state index in [4.69, 9.17) is 4.42 Å². The molecule has 0 spiro atoms. The summed E-state index contributed by atoms with van der Waals surface area (Å²) in [4.78, 5) is 4.30. The fourth-order valence-corrected chi connectivity index (χ4v) is 2.30. The topological polar surface area (TPSA) is 46.3 Å². The molecule has 0 aliphatic carbocycles. The molecule has 2 rings (SSSR count). The van der Waals surface area contributed by atoms with Gasteiger partial charge in [0.05, 0.1) is 6.10 Å². The van der Waals surface area contributed by atoms with Crippen LogP contribution in [0.5, 0.6) is 0 Å². The monoisotopic (exact) mass is 245 g/mol. The molecule has 18 heavy (non-hydrogen) atoms. The van der Waals surface area contributed by atoms with Crippen LogP contribution in [-0.4, -0.2) is 10.1 Å². The third-order valence-electron chi connectivity index (χ3n) is 3.54. The Balaban J connectivity index is 2.34. The van der Waals surface area contributed by atoms with Crippen molar-refractivity contribution in [1.82, 2.24) is 4.98 Å². The van der Waals surface area contributed by atoms with Gasteiger partial charge < -0.3 is 9.52 Å². The summed E-state index contributed by atoms with van der Waals surface area (Å²) in [6, 6.07) is 5.75. The first-order valence-electron chi connectivity index (χ1n) is 6.17. The molecule has 2 aromatic rings. The molecule has 2 unspecified atom stereocenters. The van der Waals surface area contributed by atoms with Crippen molar-refractivity contribution in [2.24, 2.45) is 0 Å². The summed E-state index contributed by atoms with van der Waals surface area (Å²) in [5.41, 5.74) is 2.82. The van der Waals surface area contributed by atoms with Crippen LogP contribution in [0.15, 0.2) is 28.8 Å². The Hall–Kier alpha value is -1.61. The van der Waals surface area contributed by atoms with Gasteiger partial charge in [-0.05, 0) is 38.5 Å². The summed E-state index contributed by atoms with van der Waals surface area (Å²) in [6.07, 6.45) is 1.16. The molecule has 0 amide bonds. The van der Waals surface area contributed by atoms with Gasteiger partial charge in [0, 0.05) is 23.4 Å². The van der Waals surface area contributed by atoms with E-state index in [-0.39, 0.29) is 5.92 Å². The van der Waals surface area contributed by atoms with Gasteiger partial charge in [-0.2, -0.15) is 0 Å². The number of aromatic nitrogens is 1. The predicted molar refractivity (Wildman–Crippen MR) is 70.5 cm³/mol. The average molecular weight is 245 g/mol. The molecule has 2 aromatic heterocycles. The minimum atomic E-state index is -0.586. The second kappa shape index (κ2) is 4.94. The molecule has 3 heteroatoms. The van der Waals surface area contributed by atoms with Gasteiger partial charge in [-0.3, -0.25) is 4.98 Å². The van der Waals surface area contributed by atoms with Crippen LogP contribution in [0.2, 0.25) is 0 Å². The van der Waals surface area contributed by atoms with Crippen molar-refractivity contribution in [3.05, 3.63) is 52.7 Å². The maximum Gasteiger partial charge on any atom is 0.107 e. The summed E-state index contributed by atoms with van der Waals surface area (Å²) in [5.74, 6) is 1.61. The molecule has 0 aromatic carbocycles. The lowest BCUT2D eigenvalue weighted by molar-refractivity contribution is 0.147. The van der Waals surface area contributed by atoms with Gasteiger partial charge in [0.25, 0.3) is 0 Å².